The first-order valence-corrected chi connectivity index (χ1v) is 8.94. The van der Waals surface area contributed by atoms with Crippen molar-refractivity contribution in [3.63, 3.8) is 0 Å². The van der Waals surface area contributed by atoms with Gasteiger partial charge in [0, 0.05) is 12.6 Å². The number of thioether (sulfide) groups is 1. The van der Waals surface area contributed by atoms with E-state index >= 15 is 0 Å². The number of nitrogens with zero attached hydrogens (tertiary/aromatic N) is 3. The molecule has 1 unspecified atom stereocenters. The molecule has 0 amide bonds. The Morgan fingerprint density at radius 1 is 1.23 bits per heavy atom. The molecule has 1 fully saturated rings. The van der Waals surface area contributed by atoms with Crippen LogP contribution in [0.15, 0.2) is 42.6 Å². The van der Waals surface area contributed by atoms with Crippen LogP contribution in [0, 0.1) is 12.8 Å². The van der Waals surface area contributed by atoms with Crippen LogP contribution in [0.3, 0.4) is 0 Å². The van der Waals surface area contributed by atoms with E-state index in [-0.39, 0.29) is 0 Å². The van der Waals surface area contributed by atoms with Gasteiger partial charge >= 0.3 is 0 Å². The zero-order valence-electron chi connectivity index (χ0n) is 12.7. The summed E-state index contributed by atoms with van der Waals surface area (Å²) in [6.45, 7) is 2.15. The molecule has 0 spiro atoms. The molecule has 0 N–H and O–H groups in total. The molecule has 3 nitrogen and oxygen atoms in total. The molecule has 0 aliphatic carbocycles. The van der Waals surface area contributed by atoms with Gasteiger partial charge in [0.2, 0.25) is 0 Å². The highest BCUT2D eigenvalue weighted by atomic mass is 32.2. The van der Waals surface area contributed by atoms with Crippen molar-refractivity contribution in [3.05, 3.63) is 54.0 Å². The number of para-hydroxylation sites is 1. The Labute approximate surface area is 134 Å². The number of pyridine rings is 1. The van der Waals surface area contributed by atoms with Crippen molar-refractivity contribution >= 4 is 22.9 Å². The summed E-state index contributed by atoms with van der Waals surface area (Å²) in [5, 5.41) is 0. The minimum Gasteiger partial charge on any atom is -0.280 e. The molecule has 3 heterocycles. The summed E-state index contributed by atoms with van der Waals surface area (Å²) in [5.41, 5.74) is 4.42. The van der Waals surface area contributed by atoms with E-state index in [4.69, 9.17) is 4.98 Å². The average Bonchev–Trinajstić information content (AvgIpc) is 3.16. The number of hydrogen-bond acceptors (Lipinski definition) is 3. The first-order valence-electron chi connectivity index (χ1n) is 7.79. The van der Waals surface area contributed by atoms with Crippen LogP contribution < -0.4 is 0 Å². The molecule has 1 saturated heterocycles. The number of rotatable bonds is 3. The van der Waals surface area contributed by atoms with Gasteiger partial charge in [-0.05, 0) is 54.5 Å². The van der Waals surface area contributed by atoms with Crippen LogP contribution in [0.2, 0.25) is 0 Å². The third-order valence-corrected chi connectivity index (χ3v) is 5.57. The number of benzene rings is 1. The summed E-state index contributed by atoms with van der Waals surface area (Å²) in [6.07, 6.45) is 4.20. The molecule has 4 rings (SSSR count). The lowest BCUT2D eigenvalue weighted by atomic mass is 10.0. The highest BCUT2D eigenvalue weighted by Crippen LogP contribution is 2.29. The lowest BCUT2D eigenvalue weighted by molar-refractivity contribution is 0.572. The number of aromatic nitrogens is 3. The minimum absolute atomic E-state index is 0.740. The smallest absolute Gasteiger partial charge is 0.164 e. The van der Waals surface area contributed by atoms with Crippen LogP contribution in [-0.2, 0) is 6.42 Å². The van der Waals surface area contributed by atoms with E-state index < -0.39 is 0 Å². The van der Waals surface area contributed by atoms with Gasteiger partial charge in [0.1, 0.15) is 11.3 Å². The SMILES string of the molecule is Cc1ccccc1-n1c(CC2CCSC2)nc2cccnc21. The number of hydrogen-bond donors (Lipinski definition) is 0. The number of fused-ring (bicyclic) bond motifs is 1. The maximum absolute atomic E-state index is 4.88. The van der Waals surface area contributed by atoms with Crippen LogP contribution in [-0.4, -0.2) is 26.0 Å². The maximum Gasteiger partial charge on any atom is 0.164 e. The fraction of sp³-hybridized carbons (Fsp3) is 0.333. The van der Waals surface area contributed by atoms with Crippen molar-refractivity contribution in [3.8, 4) is 5.69 Å². The predicted octanol–water partition coefficient (Wildman–Crippen LogP) is 4.02. The Hall–Kier alpha value is -1.81. The third kappa shape index (κ3) is 2.41. The molecule has 0 bridgehead atoms. The topological polar surface area (TPSA) is 30.7 Å². The lowest BCUT2D eigenvalue weighted by Gasteiger charge is -2.13. The summed E-state index contributed by atoms with van der Waals surface area (Å²) in [7, 11) is 0. The van der Waals surface area contributed by atoms with Crippen molar-refractivity contribution in [2.75, 3.05) is 11.5 Å². The van der Waals surface area contributed by atoms with Crippen molar-refractivity contribution in [2.45, 2.75) is 19.8 Å². The second kappa shape index (κ2) is 5.76. The Kier molecular flexibility index (Phi) is 3.62. The predicted molar refractivity (Wildman–Crippen MR) is 92.7 cm³/mol. The van der Waals surface area contributed by atoms with Gasteiger partial charge in [0.05, 0.1) is 5.69 Å². The van der Waals surface area contributed by atoms with Gasteiger partial charge < -0.3 is 0 Å². The van der Waals surface area contributed by atoms with E-state index in [9.17, 15) is 0 Å². The van der Waals surface area contributed by atoms with Gasteiger partial charge in [0.25, 0.3) is 0 Å². The second-order valence-corrected chi connectivity index (χ2v) is 7.08. The highest BCUT2D eigenvalue weighted by Gasteiger charge is 2.21. The first-order chi connectivity index (χ1) is 10.8. The standard InChI is InChI=1S/C18H19N3S/c1-13-5-2-3-7-16(13)21-17(11-14-8-10-22-12-14)20-15-6-4-9-19-18(15)21/h2-7,9,14H,8,10-12H2,1H3. The highest BCUT2D eigenvalue weighted by molar-refractivity contribution is 7.99. The molecule has 1 aliphatic heterocycles. The van der Waals surface area contributed by atoms with Crippen LogP contribution in [0.25, 0.3) is 16.9 Å². The average molecular weight is 309 g/mol. The summed E-state index contributed by atoms with van der Waals surface area (Å²) < 4.78 is 2.26. The normalized spacial score (nSPS) is 18.1. The Morgan fingerprint density at radius 3 is 2.95 bits per heavy atom. The Balaban J connectivity index is 1.88. The molecule has 1 atom stereocenters. The van der Waals surface area contributed by atoms with Gasteiger partial charge in [-0.3, -0.25) is 4.57 Å². The zero-order chi connectivity index (χ0) is 14.9. The van der Waals surface area contributed by atoms with Crippen molar-refractivity contribution < 1.29 is 0 Å². The van der Waals surface area contributed by atoms with E-state index in [2.05, 4.69) is 58.6 Å². The molecule has 1 aromatic carbocycles. The molecular formula is C18H19N3S. The molecular weight excluding hydrogens is 290 g/mol. The summed E-state index contributed by atoms with van der Waals surface area (Å²) in [5.74, 6) is 4.43. The van der Waals surface area contributed by atoms with E-state index in [1.165, 1.54) is 29.2 Å². The van der Waals surface area contributed by atoms with Crippen LogP contribution in [0.1, 0.15) is 17.8 Å². The first kappa shape index (κ1) is 13.8. The van der Waals surface area contributed by atoms with E-state index in [1.807, 2.05) is 12.3 Å². The summed E-state index contributed by atoms with van der Waals surface area (Å²) in [4.78, 5) is 9.47. The van der Waals surface area contributed by atoms with Crippen molar-refractivity contribution in [1.29, 1.82) is 0 Å². The van der Waals surface area contributed by atoms with E-state index in [0.717, 1.165) is 29.3 Å². The molecule has 2 aromatic heterocycles. The molecule has 3 aromatic rings. The second-order valence-electron chi connectivity index (χ2n) is 5.93. The number of aryl methyl sites for hydroxylation is 1. The van der Waals surface area contributed by atoms with Gasteiger partial charge in [-0.2, -0.15) is 11.8 Å². The molecule has 112 valence electrons. The van der Waals surface area contributed by atoms with E-state index in [1.54, 1.807) is 0 Å². The lowest BCUT2D eigenvalue weighted by Crippen LogP contribution is -2.10. The molecule has 4 heteroatoms. The number of imidazole rings is 1. The van der Waals surface area contributed by atoms with E-state index in [0.29, 0.717) is 0 Å². The van der Waals surface area contributed by atoms with Crippen LogP contribution in [0.5, 0.6) is 0 Å². The summed E-state index contributed by atoms with van der Waals surface area (Å²) in [6, 6.07) is 12.5. The molecule has 0 radical (unpaired) electrons. The monoisotopic (exact) mass is 309 g/mol. The molecule has 1 aliphatic rings. The molecule has 22 heavy (non-hydrogen) atoms. The van der Waals surface area contributed by atoms with Crippen LogP contribution >= 0.6 is 11.8 Å². The van der Waals surface area contributed by atoms with Gasteiger partial charge in [-0.25, -0.2) is 9.97 Å². The summed E-state index contributed by atoms with van der Waals surface area (Å²) >= 11 is 2.06. The largest absolute Gasteiger partial charge is 0.280 e. The quantitative estimate of drug-likeness (QED) is 0.732. The van der Waals surface area contributed by atoms with Crippen molar-refractivity contribution in [2.24, 2.45) is 5.92 Å². The minimum atomic E-state index is 0.740. The van der Waals surface area contributed by atoms with Gasteiger partial charge in [-0.15, -0.1) is 0 Å². The van der Waals surface area contributed by atoms with Crippen LogP contribution in [0.4, 0.5) is 0 Å². The fourth-order valence-corrected chi connectivity index (χ4v) is 4.45. The molecule has 0 saturated carbocycles. The Morgan fingerprint density at radius 2 is 2.14 bits per heavy atom. The van der Waals surface area contributed by atoms with Crippen molar-refractivity contribution in [1.82, 2.24) is 14.5 Å². The van der Waals surface area contributed by atoms with Gasteiger partial charge in [-0.1, -0.05) is 18.2 Å². The zero-order valence-corrected chi connectivity index (χ0v) is 13.5. The van der Waals surface area contributed by atoms with Gasteiger partial charge in [0.15, 0.2) is 5.65 Å². The Bertz CT molecular complexity index is 803. The maximum atomic E-state index is 4.88. The fourth-order valence-electron chi connectivity index (χ4n) is 3.17. The third-order valence-electron chi connectivity index (χ3n) is 4.34.